The maximum atomic E-state index is 12.8. The highest BCUT2D eigenvalue weighted by molar-refractivity contribution is 7.15. The van der Waals surface area contributed by atoms with Crippen molar-refractivity contribution in [3.05, 3.63) is 105 Å². The van der Waals surface area contributed by atoms with Gasteiger partial charge in [-0.2, -0.15) is 0 Å². The third-order valence-corrected chi connectivity index (χ3v) is 6.94. The first-order chi connectivity index (χ1) is 18.9. The number of esters is 1. The van der Waals surface area contributed by atoms with Crippen LogP contribution in [0.2, 0.25) is 5.02 Å². The van der Waals surface area contributed by atoms with Crippen molar-refractivity contribution in [2.45, 2.75) is 20.5 Å². The molecule has 0 atom stereocenters. The number of aryl methyl sites for hydroxylation is 1. The van der Waals surface area contributed by atoms with E-state index in [4.69, 9.17) is 25.8 Å². The Morgan fingerprint density at radius 1 is 1.00 bits per heavy atom. The molecule has 0 unspecified atom stereocenters. The van der Waals surface area contributed by atoms with Crippen LogP contribution in [0, 0.1) is 6.92 Å². The quantitative estimate of drug-likeness (QED) is 0.158. The van der Waals surface area contributed by atoms with Crippen molar-refractivity contribution in [2.24, 2.45) is 0 Å². The van der Waals surface area contributed by atoms with Crippen molar-refractivity contribution < 1.29 is 23.8 Å². The van der Waals surface area contributed by atoms with Gasteiger partial charge in [0.2, 0.25) is 5.91 Å². The summed E-state index contributed by atoms with van der Waals surface area (Å²) in [6.07, 6.45) is 3.07. The molecule has 6 nitrogen and oxygen atoms in total. The second kappa shape index (κ2) is 13.1. The molecule has 3 aromatic carbocycles. The fourth-order valence-electron chi connectivity index (χ4n) is 3.78. The van der Waals surface area contributed by atoms with E-state index in [9.17, 15) is 9.59 Å². The number of rotatable bonds is 10. The zero-order valence-corrected chi connectivity index (χ0v) is 23.4. The predicted molar refractivity (Wildman–Crippen MR) is 157 cm³/mol. The predicted octanol–water partition coefficient (Wildman–Crippen LogP) is 7.79. The molecule has 1 aromatic heterocycles. The Morgan fingerprint density at radius 3 is 2.44 bits per heavy atom. The Kier molecular flexibility index (Phi) is 9.41. The lowest BCUT2D eigenvalue weighted by Crippen LogP contribution is -2.12. The van der Waals surface area contributed by atoms with Crippen LogP contribution in [0.3, 0.4) is 0 Å². The van der Waals surface area contributed by atoms with Gasteiger partial charge >= 0.3 is 5.97 Å². The summed E-state index contributed by atoms with van der Waals surface area (Å²) in [5, 5.41) is 5.78. The number of methoxy groups -OCH3 is 1. The van der Waals surface area contributed by atoms with Crippen LogP contribution in [0.1, 0.15) is 34.0 Å². The Hall–Kier alpha value is -4.07. The van der Waals surface area contributed by atoms with E-state index in [-0.39, 0.29) is 12.5 Å². The molecule has 4 aromatic rings. The van der Waals surface area contributed by atoms with Gasteiger partial charge in [0, 0.05) is 22.0 Å². The van der Waals surface area contributed by atoms with Crippen LogP contribution < -0.4 is 14.8 Å². The minimum Gasteiger partial charge on any atom is -0.493 e. The molecule has 0 spiro atoms. The highest BCUT2D eigenvalue weighted by atomic mass is 35.5. The molecule has 0 saturated carbocycles. The number of thiophene rings is 1. The van der Waals surface area contributed by atoms with E-state index in [1.165, 1.54) is 17.4 Å². The van der Waals surface area contributed by atoms with Gasteiger partial charge in [0.05, 0.1) is 13.7 Å². The second-order valence-corrected chi connectivity index (χ2v) is 9.90. The lowest BCUT2D eigenvalue weighted by Gasteiger charge is -2.11. The molecule has 0 aliphatic heterocycles. The topological polar surface area (TPSA) is 73.9 Å². The molecule has 0 aliphatic rings. The summed E-state index contributed by atoms with van der Waals surface area (Å²) < 4.78 is 16.7. The van der Waals surface area contributed by atoms with Crippen molar-refractivity contribution in [3.63, 3.8) is 0 Å². The number of hydrogen-bond acceptors (Lipinski definition) is 6. The van der Waals surface area contributed by atoms with Crippen molar-refractivity contribution in [3.8, 4) is 22.6 Å². The van der Waals surface area contributed by atoms with Gasteiger partial charge < -0.3 is 19.5 Å². The monoisotopic (exact) mass is 561 g/mol. The molecular formula is C31H28ClNO5S. The minimum atomic E-state index is -0.479. The summed E-state index contributed by atoms with van der Waals surface area (Å²) in [6.45, 7) is 4.34. The fraction of sp³-hybridized carbons (Fsp3) is 0.161. The number of halogens is 1. The third-order valence-electron chi connectivity index (χ3n) is 5.79. The molecule has 0 radical (unpaired) electrons. The zero-order valence-electron chi connectivity index (χ0n) is 21.8. The van der Waals surface area contributed by atoms with Crippen LogP contribution in [0.4, 0.5) is 5.00 Å². The normalized spacial score (nSPS) is 10.9. The number of nitrogens with one attached hydrogen (secondary N) is 1. The lowest BCUT2D eigenvalue weighted by atomic mass is 10.0. The molecule has 4 rings (SSSR count). The zero-order chi connectivity index (χ0) is 27.8. The van der Waals surface area contributed by atoms with Gasteiger partial charge in [-0.25, -0.2) is 4.79 Å². The van der Waals surface area contributed by atoms with E-state index in [2.05, 4.69) is 5.32 Å². The SMILES string of the molecule is CCOC(=O)c1c(-c2ccc(C)cc2)csc1NC(=O)C=Cc1ccc(OCc2ccc(Cl)cc2)c(OC)c1. The van der Waals surface area contributed by atoms with E-state index in [0.29, 0.717) is 33.7 Å². The number of carbonyl (C=O) groups is 2. The number of carbonyl (C=O) groups excluding carboxylic acids is 2. The Balaban J connectivity index is 1.47. The Morgan fingerprint density at radius 2 is 1.74 bits per heavy atom. The number of anilines is 1. The summed E-state index contributed by atoms with van der Waals surface area (Å²) in [5.74, 6) is 0.264. The summed E-state index contributed by atoms with van der Waals surface area (Å²) in [7, 11) is 1.56. The number of hydrogen-bond donors (Lipinski definition) is 1. The van der Waals surface area contributed by atoms with Gasteiger partial charge in [-0.15, -0.1) is 11.3 Å². The molecule has 200 valence electrons. The average molecular weight is 562 g/mol. The highest BCUT2D eigenvalue weighted by Crippen LogP contribution is 2.36. The number of benzene rings is 3. The molecule has 39 heavy (non-hydrogen) atoms. The first-order valence-corrected chi connectivity index (χ1v) is 13.5. The average Bonchev–Trinajstić information content (AvgIpc) is 3.35. The van der Waals surface area contributed by atoms with Crippen LogP contribution in [-0.2, 0) is 16.1 Å². The first kappa shape index (κ1) is 28.0. The van der Waals surface area contributed by atoms with Crippen molar-refractivity contribution in [1.82, 2.24) is 0 Å². The van der Waals surface area contributed by atoms with E-state index >= 15 is 0 Å². The molecule has 0 fully saturated rings. The minimum absolute atomic E-state index is 0.233. The van der Waals surface area contributed by atoms with Crippen LogP contribution in [0.15, 0.2) is 78.2 Å². The molecule has 1 heterocycles. The number of amides is 1. The summed E-state index contributed by atoms with van der Waals surface area (Å²) in [6, 6.07) is 20.7. The Labute approximate surface area is 236 Å². The highest BCUT2D eigenvalue weighted by Gasteiger charge is 2.22. The van der Waals surface area contributed by atoms with Crippen molar-refractivity contribution >= 4 is 45.9 Å². The number of ether oxygens (including phenoxy) is 3. The first-order valence-electron chi connectivity index (χ1n) is 12.3. The van der Waals surface area contributed by atoms with E-state index in [0.717, 1.165) is 27.8 Å². The van der Waals surface area contributed by atoms with E-state index < -0.39 is 5.97 Å². The molecule has 0 saturated heterocycles. The molecule has 1 amide bonds. The van der Waals surface area contributed by atoms with Crippen molar-refractivity contribution in [1.29, 1.82) is 0 Å². The molecular weight excluding hydrogens is 534 g/mol. The van der Waals surface area contributed by atoms with Gasteiger partial charge in [-0.05, 0) is 60.9 Å². The molecule has 0 bridgehead atoms. The van der Waals surface area contributed by atoms with Gasteiger partial charge in [0.15, 0.2) is 11.5 Å². The van der Waals surface area contributed by atoms with Gasteiger partial charge in [0.25, 0.3) is 0 Å². The molecule has 1 N–H and O–H groups in total. The van der Waals surface area contributed by atoms with Gasteiger partial charge in [-0.3, -0.25) is 4.79 Å². The maximum Gasteiger partial charge on any atom is 0.341 e. The second-order valence-electron chi connectivity index (χ2n) is 8.59. The maximum absolute atomic E-state index is 12.8. The van der Waals surface area contributed by atoms with E-state index in [1.54, 1.807) is 32.2 Å². The van der Waals surface area contributed by atoms with Gasteiger partial charge in [-0.1, -0.05) is 59.6 Å². The lowest BCUT2D eigenvalue weighted by molar-refractivity contribution is -0.111. The van der Waals surface area contributed by atoms with Gasteiger partial charge in [0.1, 0.15) is 17.2 Å². The van der Waals surface area contributed by atoms with Crippen LogP contribution in [-0.4, -0.2) is 25.6 Å². The summed E-state index contributed by atoms with van der Waals surface area (Å²) in [4.78, 5) is 25.6. The largest absolute Gasteiger partial charge is 0.493 e. The summed E-state index contributed by atoms with van der Waals surface area (Å²) in [5.41, 5.74) is 4.78. The summed E-state index contributed by atoms with van der Waals surface area (Å²) >= 11 is 7.22. The smallest absolute Gasteiger partial charge is 0.341 e. The third kappa shape index (κ3) is 7.28. The Bertz CT molecular complexity index is 1480. The standard InChI is InChI=1S/C31H28ClNO5S/c1-4-37-31(35)29-25(23-11-5-20(2)6-12-23)19-39-30(29)33-28(34)16-10-21-9-15-26(27(17-21)36-3)38-18-22-7-13-24(32)14-8-22/h5-17,19H,4,18H2,1-3H3,(H,33,34). The fourth-order valence-corrected chi connectivity index (χ4v) is 4.86. The molecule has 0 aliphatic carbocycles. The van der Waals surface area contributed by atoms with Crippen molar-refractivity contribution in [2.75, 3.05) is 19.0 Å². The van der Waals surface area contributed by atoms with Crippen LogP contribution in [0.5, 0.6) is 11.5 Å². The van der Waals surface area contributed by atoms with Crippen LogP contribution in [0.25, 0.3) is 17.2 Å². The molecule has 8 heteroatoms. The van der Waals surface area contributed by atoms with E-state index in [1.807, 2.05) is 66.9 Å². The van der Waals surface area contributed by atoms with Crippen LogP contribution >= 0.6 is 22.9 Å².